The lowest BCUT2D eigenvalue weighted by Gasteiger charge is -2.23. The zero-order valence-electron chi connectivity index (χ0n) is 11.9. The van der Waals surface area contributed by atoms with Crippen LogP contribution < -0.4 is 4.90 Å². The summed E-state index contributed by atoms with van der Waals surface area (Å²) in [4.78, 5) is 13.2. The summed E-state index contributed by atoms with van der Waals surface area (Å²) in [6.07, 6.45) is 0. The summed E-state index contributed by atoms with van der Waals surface area (Å²) in [5.74, 6) is -0.503. The highest BCUT2D eigenvalue weighted by molar-refractivity contribution is 7.79. The van der Waals surface area contributed by atoms with Crippen LogP contribution in [0.2, 0.25) is 0 Å². The third-order valence-electron chi connectivity index (χ3n) is 3.25. The molecule has 110 valence electrons. The Morgan fingerprint density at radius 3 is 2.24 bits per heavy atom. The van der Waals surface area contributed by atoms with E-state index in [0.717, 1.165) is 16.7 Å². The number of para-hydroxylation sites is 1. The maximum Gasteiger partial charge on any atom is 0.224 e. The highest BCUT2D eigenvalue weighted by atomic mass is 32.2. The van der Waals surface area contributed by atoms with Crippen molar-refractivity contribution in [2.75, 3.05) is 10.8 Å². The number of nitrogens with zero attached hydrogens (tertiary/aromatic N) is 1. The van der Waals surface area contributed by atoms with Crippen LogP contribution in [0.1, 0.15) is 12.5 Å². The Balaban J connectivity index is 2.57. The molecule has 0 aliphatic carbocycles. The Labute approximate surface area is 126 Å². The molecule has 1 amide bonds. The minimum atomic E-state index is -2.08. The number of benzene rings is 2. The fraction of sp³-hybridized carbons (Fsp3) is 0.188. The Morgan fingerprint density at radius 2 is 1.67 bits per heavy atom. The quantitative estimate of drug-likeness (QED) is 0.882. The van der Waals surface area contributed by atoms with Crippen molar-refractivity contribution in [2.45, 2.75) is 13.8 Å². The third-order valence-corrected chi connectivity index (χ3v) is 3.73. The largest absolute Gasteiger partial charge is 0.305 e. The molecule has 0 heterocycles. The average molecular weight is 303 g/mol. The normalized spacial score (nSPS) is 12.0. The first kappa shape index (κ1) is 15.4. The summed E-state index contributed by atoms with van der Waals surface area (Å²) in [6.45, 7) is 3.38. The summed E-state index contributed by atoms with van der Waals surface area (Å²) in [5.41, 5.74) is 3.60. The molecule has 0 saturated heterocycles. The van der Waals surface area contributed by atoms with E-state index in [1.165, 1.54) is 11.8 Å². The average Bonchev–Trinajstić information content (AvgIpc) is 2.45. The van der Waals surface area contributed by atoms with Gasteiger partial charge in [-0.15, -0.1) is 0 Å². The first-order chi connectivity index (χ1) is 10.0. The van der Waals surface area contributed by atoms with Gasteiger partial charge in [0.2, 0.25) is 5.91 Å². The molecule has 1 unspecified atom stereocenters. The maximum absolute atomic E-state index is 11.8. The lowest BCUT2D eigenvalue weighted by Crippen LogP contribution is -2.32. The molecular formula is C16H17NO3S. The van der Waals surface area contributed by atoms with Gasteiger partial charge in [0.1, 0.15) is 5.88 Å². The molecule has 0 radical (unpaired) electrons. The second kappa shape index (κ2) is 6.65. The lowest BCUT2D eigenvalue weighted by molar-refractivity contribution is -0.116. The maximum atomic E-state index is 11.8. The van der Waals surface area contributed by atoms with Crippen LogP contribution in [0.3, 0.4) is 0 Å². The molecule has 5 heteroatoms. The van der Waals surface area contributed by atoms with E-state index in [1.807, 2.05) is 49.4 Å². The van der Waals surface area contributed by atoms with Gasteiger partial charge in [-0.25, -0.2) is 4.21 Å². The predicted octanol–water partition coefficient (Wildman–Crippen LogP) is 3.19. The lowest BCUT2D eigenvalue weighted by atomic mass is 9.98. The Morgan fingerprint density at radius 1 is 1.10 bits per heavy atom. The van der Waals surface area contributed by atoms with Crippen LogP contribution in [-0.4, -0.2) is 20.5 Å². The van der Waals surface area contributed by atoms with Crippen molar-refractivity contribution in [3.05, 3.63) is 54.1 Å². The fourth-order valence-corrected chi connectivity index (χ4v) is 2.79. The summed E-state index contributed by atoms with van der Waals surface area (Å²) in [5, 5.41) is 0. The van der Waals surface area contributed by atoms with E-state index in [1.54, 1.807) is 6.07 Å². The van der Waals surface area contributed by atoms with E-state index in [9.17, 15) is 9.00 Å². The molecule has 0 bridgehead atoms. The summed E-state index contributed by atoms with van der Waals surface area (Å²) in [7, 11) is 0. The first-order valence-electron chi connectivity index (χ1n) is 6.51. The molecule has 21 heavy (non-hydrogen) atoms. The highest BCUT2D eigenvalue weighted by Crippen LogP contribution is 2.32. The van der Waals surface area contributed by atoms with E-state index < -0.39 is 11.1 Å². The van der Waals surface area contributed by atoms with E-state index >= 15 is 0 Å². The Hall–Kier alpha value is -1.98. The van der Waals surface area contributed by atoms with Gasteiger partial charge >= 0.3 is 0 Å². The minimum Gasteiger partial charge on any atom is -0.305 e. The summed E-state index contributed by atoms with van der Waals surface area (Å²) < 4.78 is 20.2. The third kappa shape index (κ3) is 3.56. The van der Waals surface area contributed by atoms with Crippen molar-refractivity contribution >= 4 is 22.7 Å². The van der Waals surface area contributed by atoms with Crippen molar-refractivity contribution in [3.8, 4) is 11.1 Å². The van der Waals surface area contributed by atoms with Crippen LogP contribution in [0.4, 0.5) is 5.69 Å². The van der Waals surface area contributed by atoms with Gasteiger partial charge in [0.05, 0.1) is 5.69 Å². The van der Waals surface area contributed by atoms with Gasteiger partial charge in [-0.05, 0) is 24.1 Å². The molecule has 0 saturated carbocycles. The van der Waals surface area contributed by atoms with Crippen LogP contribution in [0.15, 0.2) is 48.5 Å². The van der Waals surface area contributed by atoms with Crippen molar-refractivity contribution < 1.29 is 13.6 Å². The molecular weight excluding hydrogens is 286 g/mol. The van der Waals surface area contributed by atoms with E-state index in [0.29, 0.717) is 5.69 Å². The Kier molecular flexibility index (Phi) is 4.88. The molecule has 0 spiro atoms. The van der Waals surface area contributed by atoms with E-state index in [-0.39, 0.29) is 11.8 Å². The molecule has 4 nitrogen and oxygen atoms in total. The molecule has 1 atom stereocenters. The number of carbonyl (C=O) groups is 1. The summed E-state index contributed by atoms with van der Waals surface area (Å²) in [6, 6.07) is 15.3. The van der Waals surface area contributed by atoms with Crippen LogP contribution in [0, 0.1) is 6.92 Å². The SMILES string of the molecule is CC(=O)N(CS(=O)O)c1ccccc1-c1ccccc1C. The van der Waals surface area contributed by atoms with Gasteiger partial charge in [-0.1, -0.05) is 42.5 Å². The zero-order chi connectivity index (χ0) is 15.4. The van der Waals surface area contributed by atoms with Crippen molar-refractivity contribution in [2.24, 2.45) is 0 Å². The van der Waals surface area contributed by atoms with Crippen molar-refractivity contribution in [1.29, 1.82) is 0 Å². The van der Waals surface area contributed by atoms with Gasteiger partial charge in [0, 0.05) is 12.5 Å². The number of carbonyl (C=O) groups excluding carboxylic acids is 1. The second-order valence-electron chi connectivity index (χ2n) is 4.73. The first-order valence-corrected chi connectivity index (χ1v) is 7.79. The number of hydrogen-bond donors (Lipinski definition) is 1. The number of hydrogen-bond acceptors (Lipinski definition) is 2. The smallest absolute Gasteiger partial charge is 0.224 e. The molecule has 0 aromatic heterocycles. The number of anilines is 1. The van der Waals surface area contributed by atoms with E-state index in [4.69, 9.17) is 4.55 Å². The number of aryl methyl sites for hydroxylation is 1. The molecule has 0 fully saturated rings. The predicted molar refractivity (Wildman–Crippen MR) is 85.4 cm³/mol. The molecule has 0 aliphatic heterocycles. The van der Waals surface area contributed by atoms with Gasteiger partial charge in [-0.2, -0.15) is 0 Å². The minimum absolute atomic E-state index is 0.238. The molecule has 0 aliphatic rings. The van der Waals surface area contributed by atoms with Crippen molar-refractivity contribution in [1.82, 2.24) is 0 Å². The zero-order valence-corrected chi connectivity index (χ0v) is 12.8. The van der Waals surface area contributed by atoms with E-state index in [2.05, 4.69) is 0 Å². The Bertz CT molecular complexity index is 685. The number of amides is 1. The van der Waals surface area contributed by atoms with Crippen LogP contribution in [0.25, 0.3) is 11.1 Å². The molecule has 2 rings (SSSR count). The molecule has 2 aromatic rings. The van der Waals surface area contributed by atoms with Gasteiger partial charge in [0.25, 0.3) is 0 Å². The topological polar surface area (TPSA) is 57.6 Å². The van der Waals surface area contributed by atoms with Gasteiger partial charge in [-0.3, -0.25) is 9.69 Å². The van der Waals surface area contributed by atoms with Crippen LogP contribution >= 0.6 is 0 Å². The second-order valence-corrected chi connectivity index (χ2v) is 5.63. The standard InChI is InChI=1S/C16H17NO3S/c1-12-7-3-4-8-14(12)15-9-5-6-10-16(15)17(13(2)18)11-21(19)20/h3-10H,11H2,1-2H3,(H,19,20). The van der Waals surface area contributed by atoms with Crippen LogP contribution in [-0.2, 0) is 15.9 Å². The molecule has 1 N–H and O–H groups in total. The fourth-order valence-electron chi connectivity index (χ4n) is 2.25. The monoisotopic (exact) mass is 303 g/mol. The van der Waals surface area contributed by atoms with Crippen LogP contribution in [0.5, 0.6) is 0 Å². The van der Waals surface area contributed by atoms with Crippen molar-refractivity contribution in [3.63, 3.8) is 0 Å². The highest BCUT2D eigenvalue weighted by Gasteiger charge is 2.18. The summed E-state index contributed by atoms with van der Waals surface area (Å²) >= 11 is -2.08. The number of rotatable bonds is 4. The van der Waals surface area contributed by atoms with Gasteiger partial charge in [0.15, 0.2) is 11.1 Å². The molecule has 2 aromatic carbocycles. The van der Waals surface area contributed by atoms with Gasteiger partial charge < -0.3 is 4.55 Å².